The van der Waals surface area contributed by atoms with Gasteiger partial charge in [0.1, 0.15) is 5.82 Å². The van der Waals surface area contributed by atoms with Crippen LogP contribution in [0, 0.1) is 5.82 Å². The van der Waals surface area contributed by atoms with E-state index in [2.05, 4.69) is 5.10 Å². The van der Waals surface area contributed by atoms with Gasteiger partial charge in [-0.15, -0.1) is 0 Å². The Balaban J connectivity index is 2.86. The SMILES string of the molecule is Fc1ccc2c(cnn2Cl)c1. The molecule has 0 N–H and O–H groups in total. The Hall–Kier alpha value is -1.09. The molecule has 1 aromatic heterocycles. The summed E-state index contributed by atoms with van der Waals surface area (Å²) in [6, 6.07) is 4.33. The maximum Gasteiger partial charge on any atom is 0.124 e. The summed E-state index contributed by atoms with van der Waals surface area (Å²) in [4.78, 5) is 0. The van der Waals surface area contributed by atoms with E-state index in [0.717, 1.165) is 0 Å². The monoisotopic (exact) mass is 170 g/mol. The van der Waals surface area contributed by atoms with E-state index in [4.69, 9.17) is 11.8 Å². The lowest BCUT2D eigenvalue weighted by atomic mass is 10.2. The van der Waals surface area contributed by atoms with Crippen molar-refractivity contribution < 1.29 is 4.39 Å². The number of halogens is 2. The van der Waals surface area contributed by atoms with Crippen LogP contribution in [-0.2, 0) is 0 Å². The van der Waals surface area contributed by atoms with Crippen LogP contribution in [0.2, 0.25) is 0 Å². The molecule has 0 aliphatic carbocycles. The highest BCUT2D eigenvalue weighted by Gasteiger charge is 2.00. The zero-order valence-electron chi connectivity index (χ0n) is 5.46. The van der Waals surface area contributed by atoms with Gasteiger partial charge in [0.05, 0.1) is 11.7 Å². The summed E-state index contributed by atoms with van der Waals surface area (Å²) < 4.78 is 13.8. The highest BCUT2D eigenvalue weighted by atomic mass is 35.5. The van der Waals surface area contributed by atoms with Crippen molar-refractivity contribution in [2.75, 3.05) is 0 Å². The van der Waals surface area contributed by atoms with Gasteiger partial charge in [0, 0.05) is 17.2 Å². The fourth-order valence-corrected chi connectivity index (χ4v) is 1.17. The fourth-order valence-electron chi connectivity index (χ4n) is 0.972. The molecule has 0 radical (unpaired) electrons. The van der Waals surface area contributed by atoms with Crippen LogP contribution in [0.3, 0.4) is 0 Å². The maximum absolute atomic E-state index is 12.6. The van der Waals surface area contributed by atoms with E-state index in [-0.39, 0.29) is 5.82 Å². The van der Waals surface area contributed by atoms with Crippen LogP contribution in [0.15, 0.2) is 24.4 Å². The first-order chi connectivity index (χ1) is 5.27. The number of hydrogen-bond donors (Lipinski definition) is 0. The van der Waals surface area contributed by atoms with Crippen LogP contribution in [0.5, 0.6) is 0 Å². The molecule has 2 nitrogen and oxygen atoms in total. The van der Waals surface area contributed by atoms with Crippen molar-refractivity contribution in [1.29, 1.82) is 0 Å². The molecule has 0 aliphatic heterocycles. The highest BCUT2D eigenvalue weighted by Crippen LogP contribution is 2.15. The molecule has 0 amide bonds. The fraction of sp³-hybridized carbons (Fsp3) is 0. The average Bonchev–Trinajstić information content (AvgIpc) is 2.32. The van der Waals surface area contributed by atoms with Crippen LogP contribution < -0.4 is 0 Å². The van der Waals surface area contributed by atoms with Crippen LogP contribution in [0.25, 0.3) is 10.9 Å². The molecule has 1 heterocycles. The Morgan fingerprint density at radius 1 is 1.45 bits per heavy atom. The number of nitrogens with zero attached hydrogens (tertiary/aromatic N) is 2. The molecule has 0 fully saturated rings. The van der Waals surface area contributed by atoms with Crippen molar-refractivity contribution >= 4 is 22.7 Å². The first kappa shape index (κ1) is 6.61. The Morgan fingerprint density at radius 2 is 2.27 bits per heavy atom. The van der Waals surface area contributed by atoms with E-state index in [1.165, 1.54) is 22.5 Å². The molecule has 0 unspecified atom stereocenters. The van der Waals surface area contributed by atoms with Gasteiger partial charge in [-0.1, -0.05) is 0 Å². The first-order valence-electron chi connectivity index (χ1n) is 3.07. The summed E-state index contributed by atoms with van der Waals surface area (Å²) in [7, 11) is 0. The zero-order chi connectivity index (χ0) is 7.84. The molecule has 56 valence electrons. The summed E-state index contributed by atoms with van der Waals surface area (Å²) in [6.45, 7) is 0. The number of rotatable bonds is 0. The molecular formula is C7H4ClFN2. The van der Waals surface area contributed by atoms with Crippen LogP contribution in [0.1, 0.15) is 0 Å². The minimum Gasteiger partial charge on any atom is -0.207 e. The number of fused-ring (bicyclic) bond motifs is 1. The lowest BCUT2D eigenvalue weighted by molar-refractivity contribution is 0.629. The van der Waals surface area contributed by atoms with Crippen molar-refractivity contribution in [2.45, 2.75) is 0 Å². The molecule has 0 bridgehead atoms. The molecule has 4 heteroatoms. The topological polar surface area (TPSA) is 17.8 Å². The minimum atomic E-state index is -0.276. The smallest absolute Gasteiger partial charge is 0.124 e. The second-order valence-electron chi connectivity index (χ2n) is 2.21. The predicted molar refractivity (Wildman–Crippen MR) is 40.9 cm³/mol. The van der Waals surface area contributed by atoms with Gasteiger partial charge in [-0.05, 0) is 18.2 Å². The van der Waals surface area contributed by atoms with Crippen molar-refractivity contribution in [1.82, 2.24) is 9.30 Å². The summed E-state index contributed by atoms with van der Waals surface area (Å²) in [5.74, 6) is -0.276. The third kappa shape index (κ3) is 0.973. The third-order valence-electron chi connectivity index (χ3n) is 1.49. The normalized spacial score (nSPS) is 10.7. The Morgan fingerprint density at radius 3 is 3.09 bits per heavy atom. The Kier molecular flexibility index (Phi) is 1.32. The van der Waals surface area contributed by atoms with E-state index in [9.17, 15) is 4.39 Å². The number of hydrogen-bond acceptors (Lipinski definition) is 1. The highest BCUT2D eigenvalue weighted by molar-refractivity contribution is 6.18. The van der Waals surface area contributed by atoms with Gasteiger partial charge in [0.25, 0.3) is 0 Å². The van der Waals surface area contributed by atoms with Gasteiger partial charge in [0.15, 0.2) is 0 Å². The quantitative estimate of drug-likeness (QED) is 0.593. The van der Waals surface area contributed by atoms with E-state index in [1.54, 1.807) is 6.07 Å². The van der Waals surface area contributed by atoms with Gasteiger partial charge >= 0.3 is 0 Å². The molecule has 0 aliphatic rings. The number of aromatic nitrogens is 2. The standard InChI is InChI=1S/C7H4ClFN2/c8-11-7-2-1-6(9)3-5(7)4-10-11/h1-4H. The largest absolute Gasteiger partial charge is 0.207 e. The summed E-state index contributed by atoms with van der Waals surface area (Å²) >= 11 is 5.61. The molecule has 1 aromatic carbocycles. The third-order valence-corrected chi connectivity index (χ3v) is 1.76. The molecule has 0 spiro atoms. The van der Waals surface area contributed by atoms with Crippen LogP contribution in [0.4, 0.5) is 4.39 Å². The summed E-state index contributed by atoms with van der Waals surface area (Å²) in [5, 5.41) is 4.46. The molecular weight excluding hydrogens is 167 g/mol. The maximum atomic E-state index is 12.6. The minimum absolute atomic E-state index is 0.276. The van der Waals surface area contributed by atoms with E-state index >= 15 is 0 Å². The lowest BCUT2D eigenvalue weighted by Crippen LogP contribution is -1.80. The van der Waals surface area contributed by atoms with Crippen molar-refractivity contribution in [3.05, 3.63) is 30.2 Å². The second kappa shape index (κ2) is 2.20. The van der Waals surface area contributed by atoms with Gasteiger partial charge in [-0.3, -0.25) is 0 Å². The van der Waals surface area contributed by atoms with Crippen LogP contribution in [-0.4, -0.2) is 9.30 Å². The molecule has 0 saturated carbocycles. The predicted octanol–water partition coefficient (Wildman–Crippen LogP) is 2.18. The molecule has 0 atom stereocenters. The first-order valence-corrected chi connectivity index (χ1v) is 3.40. The Bertz CT molecular complexity index is 396. The summed E-state index contributed by atoms with van der Waals surface area (Å²) in [5.41, 5.74) is 0.716. The Labute approximate surface area is 67.3 Å². The molecule has 2 aromatic rings. The van der Waals surface area contributed by atoms with Gasteiger partial charge < -0.3 is 0 Å². The van der Waals surface area contributed by atoms with Gasteiger partial charge in [-0.2, -0.15) is 9.30 Å². The molecule has 0 saturated heterocycles. The molecule has 11 heavy (non-hydrogen) atoms. The van der Waals surface area contributed by atoms with E-state index < -0.39 is 0 Å². The van der Waals surface area contributed by atoms with Gasteiger partial charge in [-0.25, -0.2) is 4.39 Å². The lowest BCUT2D eigenvalue weighted by Gasteiger charge is -1.89. The van der Waals surface area contributed by atoms with Gasteiger partial charge in [0.2, 0.25) is 0 Å². The van der Waals surface area contributed by atoms with E-state index in [0.29, 0.717) is 10.9 Å². The molecule has 2 rings (SSSR count). The number of benzene rings is 1. The van der Waals surface area contributed by atoms with Crippen LogP contribution >= 0.6 is 11.8 Å². The average molecular weight is 171 g/mol. The van der Waals surface area contributed by atoms with Crippen molar-refractivity contribution in [3.63, 3.8) is 0 Å². The van der Waals surface area contributed by atoms with Crippen molar-refractivity contribution in [3.8, 4) is 0 Å². The summed E-state index contributed by atoms with van der Waals surface area (Å²) in [6.07, 6.45) is 1.52. The van der Waals surface area contributed by atoms with Crippen molar-refractivity contribution in [2.24, 2.45) is 0 Å². The second-order valence-corrected chi connectivity index (χ2v) is 2.53. The zero-order valence-corrected chi connectivity index (χ0v) is 6.22. The van der Waals surface area contributed by atoms with E-state index in [1.807, 2.05) is 0 Å².